The zero-order valence-electron chi connectivity index (χ0n) is 10.6. The number of rotatable bonds is 5. The van der Waals surface area contributed by atoms with E-state index >= 15 is 0 Å². The van der Waals surface area contributed by atoms with Gasteiger partial charge in [-0.15, -0.1) is 0 Å². The predicted octanol–water partition coefficient (Wildman–Crippen LogP) is 4.18. The van der Waals surface area contributed by atoms with Crippen molar-refractivity contribution in [2.75, 3.05) is 11.9 Å². The molecule has 0 heterocycles. The average Bonchev–Trinajstić information content (AvgIpc) is 2.40. The molecule has 0 aromatic heterocycles. The zero-order chi connectivity index (χ0) is 12.8. The summed E-state index contributed by atoms with van der Waals surface area (Å²) < 4.78 is 13.1. The minimum atomic E-state index is -0.189. The Kier molecular flexibility index (Phi) is 4.35. The van der Waals surface area contributed by atoms with E-state index in [4.69, 9.17) is 0 Å². The van der Waals surface area contributed by atoms with E-state index in [0.29, 0.717) is 0 Å². The molecule has 2 rings (SSSR count). The van der Waals surface area contributed by atoms with Crippen LogP contribution in [0.25, 0.3) is 0 Å². The van der Waals surface area contributed by atoms with Gasteiger partial charge in [-0.3, -0.25) is 0 Å². The van der Waals surface area contributed by atoms with Crippen molar-refractivity contribution in [3.8, 4) is 0 Å². The van der Waals surface area contributed by atoms with Crippen LogP contribution < -0.4 is 5.32 Å². The van der Waals surface area contributed by atoms with Crippen molar-refractivity contribution in [2.24, 2.45) is 0 Å². The molecule has 18 heavy (non-hydrogen) atoms. The van der Waals surface area contributed by atoms with Crippen LogP contribution in [0.2, 0.25) is 0 Å². The van der Waals surface area contributed by atoms with Gasteiger partial charge in [-0.05, 0) is 43.0 Å². The summed E-state index contributed by atoms with van der Waals surface area (Å²) in [6, 6.07) is 15.2. The third kappa shape index (κ3) is 3.59. The minimum absolute atomic E-state index is 0.189. The summed E-state index contributed by atoms with van der Waals surface area (Å²) in [6.45, 7) is 2.85. The molecular weight excluding hydrogens is 225 g/mol. The van der Waals surface area contributed by atoms with E-state index in [1.165, 1.54) is 11.6 Å². The fourth-order valence-corrected chi connectivity index (χ4v) is 1.94. The van der Waals surface area contributed by atoms with Crippen molar-refractivity contribution >= 4 is 5.69 Å². The van der Waals surface area contributed by atoms with Gasteiger partial charge in [-0.2, -0.15) is 0 Å². The number of aryl methyl sites for hydroxylation is 2. The lowest BCUT2D eigenvalue weighted by Crippen LogP contribution is -2.04. The molecule has 2 aromatic rings. The molecule has 0 unspecified atom stereocenters. The van der Waals surface area contributed by atoms with Crippen molar-refractivity contribution in [1.82, 2.24) is 0 Å². The van der Waals surface area contributed by atoms with Crippen molar-refractivity contribution < 1.29 is 4.39 Å². The quantitative estimate of drug-likeness (QED) is 0.777. The summed E-state index contributed by atoms with van der Waals surface area (Å²) >= 11 is 0. The average molecular weight is 243 g/mol. The first-order valence-corrected chi connectivity index (χ1v) is 6.29. The smallest absolute Gasteiger partial charge is 0.125 e. The third-order valence-corrected chi connectivity index (χ3v) is 3.00. The summed E-state index contributed by atoms with van der Waals surface area (Å²) in [7, 11) is 0. The van der Waals surface area contributed by atoms with Crippen LogP contribution in [0, 0.1) is 12.7 Å². The summed E-state index contributed by atoms with van der Waals surface area (Å²) in [6.07, 6.45) is 2.09. The fourth-order valence-electron chi connectivity index (χ4n) is 1.94. The molecule has 0 saturated heterocycles. The Morgan fingerprint density at radius 1 is 1.06 bits per heavy atom. The summed E-state index contributed by atoms with van der Waals surface area (Å²) in [5.41, 5.74) is 3.31. The highest BCUT2D eigenvalue weighted by atomic mass is 19.1. The van der Waals surface area contributed by atoms with Gasteiger partial charge in [0.25, 0.3) is 0 Å². The van der Waals surface area contributed by atoms with Gasteiger partial charge < -0.3 is 5.32 Å². The fraction of sp³-hybridized carbons (Fsp3) is 0.250. The first-order chi connectivity index (χ1) is 8.75. The first kappa shape index (κ1) is 12.6. The van der Waals surface area contributed by atoms with Crippen molar-refractivity contribution in [2.45, 2.75) is 19.8 Å². The van der Waals surface area contributed by atoms with Gasteiger partial charge >= 0.3 is 0 Å². The Hall–Kier alpha value is -1.83. The SMILES string of the molecule is Cc1ccc(F)cc1NCCCc1ccccc1. The maximum atomic E-state index is 13.1. The zero-order valence-corrected chi connectivity index (χ0v) is 10.6. The lowest BCUT2D eigenvalue weighted by atomic mass is 10.1. The van der Waals surface area contributed by atoms with Crippen molar-refractivity contribution in [3.05, 3.63) is 65.5 Å². The second-order valence-corrected chi connectivity index (χ2v) is 4.48. The number of anilines is 1. The summed E-state index contributed by atoms with van der Waals surface area (Å²) in [5, 5.41) is 3.28. The Morgan fingerprint density at radius 3 is 2.61 bits per heavy atom. The Labute approximate surface area is 108 Å². The predicted molar refractivity (Wildman–Crippen MR) is 74.4 cm³/mol. The van der Waals surface area contributed by atoms with Gasteiger partial charge in [0.2, 0.25) is 0 Å². The van der Waals surface area contributed by atoms with E-state index < -0.39 is 0 Å². The van der Waals surface area contributed by atoms with E-state index in [1.54, 1.807) is 12.1 Å². The largest absolute Gasteiger partial charge is 0.385 e. The molecule has 2 heteroatoms. The molecule has 0 aliphatic heterocycles. The monoisotopic (exact) mass is 243 g/mol. The highest BCUT2D eigenvalue weighted by molar-refractivity contribution is 5.50. The maximum Gasteiger partial charge on any atom is 0.125 e. The standard InChI is InChI=1S/C16H18FN/c1-13-9-10-15(17)12-16(13)18-11-5-8-14-6-3-2-4-7-14/h2-4,6-7,9-10,12,18H,5,8,11H2,1H3. The van der Waals surface area contributed by atoms with E-state index in [0.717, 1.165) is 30.6 Å². The van der Waals surface area contributed by atoms with Crippen LogP contribution in [0.1, 0.15) is 17.5 Å². The summed E-state index contributed by atoms with van der Waals surface area (Å²) in [5.74, 6) is -0.189. The molecule has 0 bridgehead atoms. The first-order valence-electron chi connectivity index (χ1n) is 6.29. The summed E-state index contributed by atoms with van der Waals surface area (Å²) in [4.78, 5) is 0. The number of halogens is 1. The molecule has 1 nitrogen and oxygen atoms in total. The van der Waals surface area contributed by atoms with E-state index in [1.807, 2.05) is 13.0 Å². The van der Waals surface area contributed by atoms with Gasteiger partial charge in [0.1, 0.15) is 5.82 Å². The molecular formula is C16H18FN. The minimum Gasteiger partial charge on any atom is -0.385 e. The van der Waals surface area contributed by atoms with Crippen LogP contribution in [0.15, 0.2) is 48.5 Å². The van der Waals surface area contributed by atoms with Crippen LogP contribution >= 0.6 is 0 Å². The highest BCUT2D eigenvalue weighted by Crippen LogP contribution is 2.16. The lowest BCUT2D eigenvalue weighted by Gasteiger charge is -2.09. The van der Waals surface area contributed by atoms with Crippen LogP contribution in [-0.4, -0.2) is 6.54 Å². The molecule has 0 atom stereocenters. The highest BCUT2D eigenvalue weighted by Gasteiger charge is 1.99. The Balaban J connectivity index is 1.80. The number of hydrogen-bond donors (Lipinski definition) is 1. The Morgan fingerprint density at radius 2 is 1.83 bits per heavy atom. The molecule has 0 spiro atoms. The number of benzene rings is 2. The van der Waals surface area contributed by atoms with Crippen LogP contribution in [0.4, 0.5) is 10.1 Å². The molecule has 94 valence electrons. The van der Waals surface area contributed by atoms with E-state index in [-0.39, 0.29) is 5.82 Å². The van der Waals surface area contributed by atoms with Crippen LogP contribution in [0.3, 0.4) is 0 Å². The topological polar surface area (TPSA) is 12.0 Å². The molecule has 0 fully saturated rings. The van der Waals surface area contributed by atoms with Gasteiger partial charge in [-0.1, -0.05) is 36.4 Å². The maximum absolute atomic E-state index is 13.1. The van der Waals surface area contributed by atoms with Gasteiger partial charge in [-0.25, -0.2) is 4.39 Å². The normalized spacial score (nSPS) is 10.3. The molecule has 0 aliphatic rings. The molecule has 0 radical (unpaired) electrons. The second kappa shape index (κ2) is 6.20. The van der Waals surface area contributed by atoms with Gasteiger partial charge in [0, 0.05) is 12.2 Å². The molecule has 0 aliphatic carbocycles. The third-order valence-electron chi connectivity index (χ3n) is 3.00. The molecule has 1 N–H and O–H groups in total. The van der Waals surface area contributed by atoms with Gasteiger partial charge in [0.05, 0.1) is 0 Å². The van der Waals surface area contributed by atoms with Crippen LogP contribution in [-0.2, 0) is 6.42 Å². The second-order valence-electron chi connectivity index (χ2n) is 4.48. The molecule has 0 amide bonds. The number of hydrogen-bond acceptors (Lipinski definition) is 1. The van der Waals surface area contributed by atoms with Crippen molar-refractivity contribution in [3.63, 3.8) is 0 Å². The van der Waals surface area contributed by atoms with Crippen LogP contribution in [0.5, 0.6) is 0 Å². The van der Waals surface area contributed by atoms with E-state index in [2.05, 4.69) is 29.6 Å². The van der Waals surface area contributed by atoms with Crippen molar-refractivity contribution in [1.29, 1.82) is 0 Å². The molecule has 2 aromatic carbocycles. The number of nitrogens with one attached hydrogen (secondary N) is 1. The van der Waals surface area contributed by atoms with E-state index in [9.17, 15) is 4.39 Å². The Bertz CT molecular complexity index is 494. The lowest BCUT2D eigenvalue weighted by molar-refractivity contribution is 0.627. The van der Waals surface area contributed by atoms with Gasteiger partial charge in [0.15, 0.2) is 0 Å². The molecule has 0 saturated carbocycles.